The molecular weight excluding hydrogens is 492 g/mol. The molecule has 2 saturated heterocycles. The van der Waals surface area contributed by atoms with Crippen molar-refractivity contribution in [1.82, 2.24) is 29.5 Å². The van der Waals surface area contributed by atoms with Gasteiger partial charge >= 0.3 is 0 Å². The Morgan fingerprint density at radius 3 is 2.68 bits per heavy atom. The summed E-state index contributed by atoms with van der Waals surface area (Å²) in [7, 11) is 0. The van der Waals surface area contributed by atoms with Crippen molar-refractivity contribution in [2.24, 2.45) is 0 Å². The molecule has 0 radical (unpaired) electrons. The highest BCUT2D eigenvalue weighted by atomic mass is 19.1. The van der Waals surface area contributed by atoms with E-state index in [-0.39, 0.29) is 24.0 Å². The second-order valence-corrected chi connectivity index (χ2v) is 10.5. The van der Waals surface area contributed by atoms with E-state index in [0.717, 1.165) is 43.7 Å². The second kappa shape index (κ2) is 9.39. The van der Waals surface area contributed by atoms with Crippen LogP contribution >= 0.6 is 0 Å². The molecule has 7 rings (SSSR count). The number of fused-ring (bicyclic) bond motifs is 1. The van der Waals surface area contributed by atoms with Crippen molar-refractivity contribution in [1.29, 1.82) is 0 Å². The van der Waals surface area contributed by atoms with Crippen LogP contribution in [-0.2, 0) is 9.47 Å². The predicted octanol–water partition coefficient (Wildman–Crippen LogP) is 4.97. The summed E-state index contributed by atoms with van der Waals surface area (Å²) in [6.07, 6.45) is 10.2. The Balaban J connectivity index is 1.31. The SMILES string of the molecule is CC1CN(c2nc(-c3ccc(F)cc3F)c3cnn(C4CCCCO4)c3n2)CC(c2cnn(C3CC3)c2)O1. The minimum atomic E-state index is -0.682. The van der Waals surface area contributed by atoms with Crippen LogP contribution in [0.2, 0.25) is 0 Å². The summed E-state index contributed by atoms with van der Waals surface area (Å²) < 4.78 is 44.9. The van der Waals surface area contributed by atoms with Crippen LogP contribution in [0.5, 0.6) is 0 Å². The lowest BCUT2D eigenvalue weighted by molar-refractivity contribution is -0.0370. The average molecular weight is 522 g/mol. The quantitative estimate of drug-likeness (QED) is 0.367. The van der Waals surface area contributed by atoms with E-state index in [9.17, 15) is 4.39 Å². The maximum Gasteiger partial charge on any atom is 0.228 e. The third kappa shape index (κ3) is 4.33. The van der Waals surface area contributed by atoms with Gasteiger partial charge in [0.2, 0.25) is 5.95 Å². The zero-order chi connectivity index (χ0) is 25.8. The van der Waals surface area contributed by atoms with Crippen LogP contribution in [0.25, 0.3) is 22.3 Å². The summed E-state index contributed by atoms with van der Waals surface area (Å²) in [6, 6.07) is 4.02. The Labute approximate surface area is 218 Å². The molecule has 3 aromatic heterocycles. The molecule has 9 nitrogen and oxygen atoms in total. The van der Waals surface area contributed by atoms with Gasteiger partial charge in [-0.3, -0.25) is 4.68 Å². The molecule has 0 amide bonds. The van der Waals surface area contributed by atoms with Crippen molar-refractivity contribution < 1.29 is 18.3 Å². The Kier molecular flexibility index (Phi) is 5.85. The molecule has 4 aromatic rings. The van der Waals surface area contributed by atoms with Gasteiger partial charge in [0, 0.05) is 36.5 Å². The second-order valence-electron chi connectivity index (χ2n) is 10.5. The maximum absolute atomic E-state index is 15.0. The highest BCUT2D eigenvalue weighted by molar-refractivity contribution is 5.91. The van der Waals surface area contributed by atoms with Crippen LogP contribution < -0.4 is 4.90 Å². The Morgan fingerprint density at radius 1 is 1.00 bits per heavy atom. The van der Waals surface area contributed by atoms with E-state index in [2.05, 4.69) is 21.3 Å². The van der Waals surface area contributed by atoms with Crippen molar-refractivity contribution in [2.75, 3.05) is 24.6 Å². The lowest BCUT2D eigenvalue weighted by atomic mass is 10.1. The van der Waals surface area contributed by atoms with Gasteiger partial charge in [-0.05, 0) is 51.2 Å². The molecular formula is C27H29F2N7O2. The molecule has 1 saturated carbocycles. The third-order valence-electron chi connectivity index (χ3n) is 7.51. The Morgan fingerprint density at radius 2 is 1.89 bits per heavy atom. The average Bonchev–Trinajstić information content (AvgIpc) is 3.48. The number of nitrogens with zero attached hydrogens (tertiary/aromatic N) is 7. The molecule has 5 heterocycles. The zero-order valence-electron chi connectivity index (χ0n) is 21.1. The van der Waals surface area contributed by atoms with Crippen molar-refractivity contribution in [3.63, 3.8) is 0 Å². The number of halogens is 2. The van der Waals surface area contributed by atoms with E-state index in [1.54, 1.807) is 10.9 Å². The van der Waals surface area contributed by atoms with Gasteiger partial charge in [0.05, 0.1) is 42.2 Å². The molecule has 0 spiro atoms. The first-order valence-electron chi connectivity index (χ1n) is 13.3. The molecule has 3 atom stereocenters. The zero-order valence-corrected chi connectivity index (χ0v) is 21.1. The van der Waals surface area contributed by atoms with Crippen molar-refractivity contribution >= 4 is 17.0 Å². The van der Waals surface area contributed by atoms with Crippen LogP contribution in [0, 0.1) is 11.6 Å². The molecule has 3 unspecified atom stereocenters. The minimum absolute atomic E-state index is 0.0880. The fraction of sp³-hybridized carbons (Fsp3) is 0.481. The maximum atomic E-state index is 15.0. The number of benzene rings is 1. The lowest BCUT2D eigenvalue weighted by Gasteiger charge is -2.36. The number of hydrogen-bond donors (Lipinski definition) is 0. The smallest absolute Gasteiger partial charge is 0.228 e. The summed E-state index contributed by atoms with van der Waals surface area (Å²) in [5.41, 5.74) is 2.16. The van der Waals surface area contributed by atoms with Gasteiger partial charge in [0.25, 0.3) is 0 Å². The van der Waals surface area contributed by atoms with Crippen LogP contribution in [-0.4, -0.2) is 55.3 Å². The predicted molar refractivity (Wildman–Crippen MR) is 136 cm³/mol. The van der Waals surface area contributed by atoms with E-state index in [0.29, 0.717) is 48.4 Å². The molecule has 38 heavy (non-hydrogen) atoms. The monoisotopic (exact) mass is 521 g/mol. The van der Waals surface area contributed by atoms with Crippen molar-refractivity contribution in [3.8, 4) is 11.3 Å². The normalized spacial score (nSPS) is 24.3. The van der Waals surface area contributed by atoms with Gasteiger partial charge < -0.3 is 14.4 Å². The van der Waals surface area contributed by atoms with E-state index in [4.69, 9.17) is 19.4 Å². The number of hydrogen-bond acceptors (Lipinski definition) is 7. The van der Waals surface area contributed by atoms with Gasteiger partial charge in [0.1, 0.15) is 17.7 Å². The topological polar surface area (TPSA) is 83.1 Å². The van der Waals surface area contributed by atoms with Crippen LogP contribution in [0.1, 0.15) is 63.0 Å². The van der Waals surface area contributed by atoms with E-state index in [1.807, 2.05) is 17.8 Å². The van der Waals surface area contributed by atoms with Gasteiger partial charge in [-0.1, -0.05) is 0 Å². The number of ether oxygens (including phenoxy) is 2. The minimum Gasteiger partial charge on any atom is -0.367 e. The molecule has 2 aliphatic heterocycles. The molecule has 0 bridgehead atoms. The number of aromatic nitrogens is 6. The fourth-order valence-corrected chi connectivity index (χ4v) is 5.43. The third-order valence-corrected chi connectivity index (χ3v) is 7.51. The summed E-state index contributed by atoms with van der Waals surface area (Å²) in [5.74, 6) is -0.874. The molecule has 198 valence electrons. The van der Waals surface area contributed by atoms with Gasteiger partial charge in [-0.2, -0.15) is 15.2 Å². The largest absolute Gasteiger partial charge is 0.367 e. The Hall–Kier alpha value is -3.44. The number of morpholine rings is 1. The number of anilines is 1. The van der Waals surface area contributed by atoms with E-state index in [1.165, 1.54) is 12.1 Å². The molecule has 3 aliphatic rings. The summed E-state index contributed by atoms with van der Waals surface area (Å²) in [4.78, 5) is 11.8. The molecule has 1 aromatic carbocycles. The summed E-state index contributed by atoms with van der Waals surface area (Å²) in [6.45, 7) is 3.76. The van der Waals surface area contributed by atoms with Gasteiger partial charge in [-0.15, -0.1) is 0 Å². The van der Waals surface area contributed by atoms with Crippen LogP contribution in [0.3, 0.4) is 0 Å². The summed E-state index contributed by atoms with van der Waals surface area (Å²) in [5, 5.41) is 9.71. The molecule has 11 heteroatoms. The van der Waals surface area contributed by atoms with Gasteiger partial charge in [-0.25, -0.2) is 18.4 Å². The van der Waals surface area contributed by atoms with Crippen molar-refractivity contribution in [2.45, 2.75) is 63.5 Å². The van der Waals surface area contributed by atoms with E-state index >= 15 is 4.39 Å². The van der Waals surface area contributed by atoms with Gasteiger partial charge in [0.15, 0.2) is 11.9 Å². The van der Waals surface area contributed by atoms with Crippen molar-refractivity contribution in [3.05, 3.63) is 54.0 Å². The standard InChI is InChI=1S/C27H29F2N7O2/c1-16-13-34(15-23(38-16)17-11-30-35(14-17)19-6-7-19)27-32-25(20-8-5-18(28)10-22(20)29)21-12-31-36(26(21)33-27)24-4-2-3-9-37-24/h5,8,10-12,14,16,19,23-24H,2-4,6-7,9,13,15H2,1H3. The molecule has 0 N–H and O–H groups in total. The lowest BCUT2D eigenvalue weighted by Crippen LogP contribution is -2.43. The highest BCUT2D eigenvalue weighted by Gasteiger charge is 2.32. The fourth-order valence-electron chi connectivity index (χ4n) is 5.43. The number of rotatable bonds is 5. The van der Waals surface area contributed by atoms with E-state index < -0.39 is 11.6 Å². The van der Waals surface area contributed by atoms with Crippen LogP contribution in [0.15, 0.2) is 36.8 Å². The highest BCUT2D eigenvalue weighted by Crippen LogP contribution is 2.37. The first-order chi connectivity index (χ1) is 18.5. The molecule has 1 aliphatic carbocycles. The first kappa shape index (κ1) is 23.7. The molecule has 3 fully saturated rings. The summed E-state index contributed by atoms with van der Waals surface area (Å²) >= 11 is 0. The van der Waals surface area contributed by atoms with Crippen LogP contribution in [0.4, 0.5) is 14.7 Å². The first-order valence-corrected chi connectivity index (χ1v) is 13.3. The Bertz CT molecular complexity index is 1480.